The summed E-state index contributed by atoms with van der Waals surface area (Å²) in [5.74, 6) is 0.667. The van der Waals surface area contributed by atoms with Crippen molar-refractivity contribution in [2.45, 2.75) is 0 Å². The zero-order valence-electron chi connectivity index (χ0n) is 17.8. The van der Waals surface area contributed by atoms with Crippen LogP contribution in [0.1, 0.15) is 16.1 Å². The first kappa shape index (κ1) is 20.2. The van der Waals surface area contributed by atoms with Gasteiger partial charge in [-0.15, -0.1) is 0 Å². The van der Waals surface area contributed by atoms with Crippen LogP contribution in [0.4, 0.5) is 0 Å². The van der Waals surface area contributed by atoms with Crippen molar-refractivity contribution < 1.29 is 4.79 Å². The van der Waals surface area contributed by atoms with Crippen LogP contribution in [0.3, 0.4) is 0 Å². The molecule has 0 unspecified atom stereocenters. The van der Waals surface area contributed by atoms with Gasteiger partial charge in [0.15, 0.2) is 5.82 Å². The highest BCUT2D eigenvalue weighted by Gasteiger charge is 2.23. The standard InChI is InChI=1S/C26H25N5O/c32-26(31-16-14-30(15-17-31)13-7-10-20-8-3-1-4-9-20)23-18-22-19-27-24(29-25(22)28-23)21-11-5-2-6-12-21/h1-12,18-19H,13-17H2,(H,27,28,29). The van der Waals surface area contributed by atoms with E-state index in [1.807, 2.05) is 59.5 Å². The maximum Gasteiger partial charge on any atom is 0.270 e. The van der Waals surface area contributed by atoms with Crippen molar-refractivity contribution in [3.05, 3.63) is 90.3 Å². The first-order chi connectivity index (χ1) is 15.8. The van der Waals surface area contributed by atoms with Crippen LogP contribution in [0.25, 0.3) is 28.5 Å². The molecular formula is C26H25N5O. The number of fused-ring (bicyclic) bond motifs is 1. The summed E-state index contributed by atoms with van der Waals surface area (Å²) in [7, 11) is 0. The van der Waals surface area contributed by atoms with E-state index in [4.69, 9.17) is 0 Å². The van der Waals surface area contributed by atoms with Crippen LogP contribution in [0, 0.1) is 0 Å². The lowest BCUT2D eigenvalue weighted by Gasteiger charge is -2.33. The molecule has 3 heterocycles. The summed E-state index contributed by atoms with van der Waals surface area (Å²) in [5.41, 5.74) is 3.41. The minimum absolute atomic E-state index is 0.0174. The Balaban J connectivity index is 1.21. The summed E-state index contributed by atoms with van der Waals surface area (Å²) in [6.45, 7) is 4.05. The van der Waals surface area contributed by atoms with Crippen molar-refractivity contribution in [2.75, 3.05) is 32.7 Å². The summed E-state index contributed by atoms with van der Waals surface area (Å²) >= 11 is 0. The lowest BCUT2D eigenvalue weighted by Crippen LogP contribution is -2.48. The third-order valence-corrected chi connectivity index (χ3v) is 5.77. The van der Waals surface area contributed by atoms with E-state index in [2.05, 4.69) is 44.1 Å². The van der Waals surface area contributed by atoms with Gasteiger partial charge in [0.05, 0.1) is 0 Å². The predicted octanol–water partition coefficient (Wildman–Crippen LogP) is 4.10. The van der Waals surface area contributed by atoms with Gasteiger partial charge in [0, 0.05) is 49.9 Å². The number of amides is 1. The topological polar surface area (TPSA) is 65.1 Å². The molecule has 160 valence electrons. The summed E-state index contributed by atoms with van der Waals surface area (Å²) in [6.07, 6.45) is 6.11. The number of nitrogens with one attached hydrogen (secondary N) is 1. The highest BCUT2D eigenvalue weighted by molar-refractivity contribution is 5.97. The molecule has 5 rings (SSSR count). The number of nitrogens with zero attached hydrogens (tertiary/aromatic N) is 4. The number of aromatic nitrogens is 3. The van der Waals surface area contributed by atoms with Gasteiger partial charge in [-0.2, -0.15) is 0 Å². The molecule has 2 aromatic heterocycles. The minimum Gasteiger partial charge on any atom is -0.335 e. The van der Waals surface area contributed by atoms with E-state index in [1.165, 1.54) is 5.56 Å². The number of benzene rings is 2. The number of piperazine rings is 1. The number of hydrogen-bond acceptors (Lipinski definition) is 4. The molecular weight excluding hydrogens is 398 g/mol. The Kier molecular flexibility index (Phi) is 5.77. The largest absolute Gasteiger partial charge is 0.335 e. The van der Waals surface area contributed by atoms with E-state index in [0.717, 1.165) is 30.6 Å². The summed E-state index contributed by atoms with van der Waals surface area (Å²) in [5, 5.41) is 0.845. The van der Waals surface area contributed by atoms with Crippen LogP contribution >= 0.6 is 0 Å². The molecule has 2 aromatic carbocycles. The van der Waals surface area contributed by atoms with Crippen LogP contribution in [0.5, 0.6) is 0 Å². The first-order valence-corrected chi connectivity index (χ1v) is 10.9. The monoisotopic (exact) mass is 423 g/mol. The summed E-state index contributed by atoms with van der Waals surface area (Å²) in [4.78, 5) is 29.6. The van der Waals surface area contributed by atoms with Gasteiger partial charge in [-0.3, -0.25) is 9.69 Å². The van der Waals surface area contributed by atoms with E-state index >= 15 is 0 Å². The van der Waals surface area contributed by atoms with Crippen molar-refractivity contribution in [3.8, 4) is 11.4 Å². The SMILES string of the molecule is O=C(c1cc2cnc(-c3ccccc3)nc2[nH]1)N1CCN(CC=Cc2ccccc2)CC1. The van der Waals surface area contributed by atoms with Crippen molar-refractivity contribution in [3.63, 3.8) is 0 Å². The maximum atomic E-state index is 13.0. The molecule has 1 N–H and O–H groups in total. The molecule has 6 heteroatoms. The van der Waals surface area contributed by atoms with Gasteiger partial charge in [-0.1, -0.05) is 72.8 Å². The second-order valence-corrected chi connectivity index (χ2v) is 7.95. The number of carbonyl (C=O) groups is 1. The Morgan fingerprint density at radius 2 is 1.69 bits per heavy atom. The zero-order valence-corrected chi connectivity index (χ0v) is 17.8. The molecule has 0 atom stereocenters. The van der Waals surface area contributed by atoms with Gasteiger partial charge in [-0.25, -0.2) is 9.97 Å². The molecule has 1 fully saturated rings. The van der Waals surface area contributed by atoms with E-state index in [9.17, 15) is 4.79 Å². The van der Waals surface area contributed by atoms with Crippen LogP contribution < -0.4 is 0 Å². The van der Waals surface area contributed by atoms with Crippen molar-refractivity contribution in [1.29, 1.82) is 0 Å². The molecule has 1 aliphatic heterocycles. The summed E-state index contributed by atoms with van der Waals surface area (Å²) in [6, 6.07) is 22.0. The van der Waals surface area contributed by atoms with Gasteiger partial charge >= 0.3 is 0 Å². The van der Waals surface area contributed by atoms with Crippen LogP contribution in [0.15, 0.2) is 79.0 Å². The van der Waals surface area contributed by atoms with Crippen LogP contribution in [0.2, 0.25) is 0 Å². The third kappa shape index (κ3) is 4.45. The normalized spacial score (nSPS) is 14.9. The number of H-pyrrole nitrogens is 1. The van der Waals surface area contributed by atoms with E-state index < -0.39 is 0 Å². The van der Waals surface area contributed by atoms with E-state index in [0.29, 0.717) is 30.3 Å². The minimum atomic E-state index is 0.0174. The Morgan fingerprint density at radius 1 is 0.969 bits per heavy atom. The highest BCUT2D eigenvalue weighted by atomic mass is 16.2. The zero-order chi connectivity index (χ0) is 21.8. The Morgan fingerprint density at radius 3 is 2.44 bits per heavy atom. The molecule has 1 amide bonds. The lowest BCUT2D eigenvalue weighted by atomic mass is 10.2. The van der Waals surface area contributed by atoms with Crippen molar-refractivity contribution >= 4 is 23.0 Å². The Hall–Kier alpha value is -3.77. The molecule has 0 saturated carbocycles. The molecule has 0 radical (unpaired) electrons. The van der Waals surface area contributed by atoms with E-state index in [1.54, 1.807) is 6.20 Å². The number of rotatable bonds is 5. The molecule has 6 nitrogen and oxygen atoms in total. The van der Waals surface area contributed by atoms with E-state index in [-0.39, 0.29) is 5.91 Å². The fourth-order valence-corrected chi connectivity index (χ4v) is 3.96. The van der Waals surface area contributed by atoms with Gasteiger partial charge in [0.1, 0.15) is 11.3 Å². The number of carbonyl (C=O) groups excluding carboxylic acids is 1. The third-order valence-electron chi connectivity index (χ3n) is 5.77. The maximum absolute atomic E-state index is 13.0. The van der Waals surface area contributed by atoms with Crippen molar-refractivity contribution in [2.24, 2.45) is 0 Å². The Bertz CT molecular complexity index is 1230. The molecule has 0 aliphatic carbocycles. The molecule has 0 spiro atoms. The second kappa shape index (κ2) is 9.16. The fraction of sp³-hybridized carbons (Fsp3) is 0.192. The van der Waals surface area contributed by atoms with Gasteiger partial charge < -0.3 is 9.88 Å². The number of aromatic amines is 1. The number of hydrogen-bond donors (Lipinski definition) is 1. The fourth-order valence-electron chi connectivity index (χ4n) is 3.96. The molecule has 4 aromatic rings. The smallest absolute Gasteiger partial charge is 0.270 e. The van der Waals surface area contributed by atoms with Gasteiger partial charge in [-0.05, 0) is 11.6 Å². The molecule has 0 bridgehead atoms. The first-order valence-electron chi connectivity index (χ1n) is 10.9. The average Bonchev–Trinajstić information content (AvgIpc) is 3.29. The predicted molar refractivity (Wildman–Crippen MR) is 127 cm³/mol. The summed E-state index contributed by atoms with van der Waals surface area (Å²) < 4.78 is 0. The van der Waals surface area contributed by atoms with Crippen LogP contribution in [-0.4, -0.2) is 63.4 Å². The van der Waals surface area contributed by atoms with Gasteiger partial charge in [0.2, 0.25) is 0 Å². The quantitative estimate of drug-likeness (QED) is 0.525. The second-order valence-electron chi connectivity index (χ2n) is 7.95. The average molecular weight is 424 g/mol. The van der Waals surface area contributed by atoms with Crippen LogP contribution in [-0.2, 0) is 0 Å². The molecule has 1 aliphatic rings. The molecule has 1 saturated heterocycles. The van der Waals surface area contributed by atoms with Crippen molar-refractivity contribution in [1.82, 2.24) is 24.8 Å². The lowest BCUT2D eigenvalue weighted by molar-refractivity contribution is 0.0645. The highest BCUT2D eigenvalue weighted by Crippen LogP contribution is 2.20. The molecule has 32 heavy (non-hydrogen) atoms. The van der Waals surface area contributed by atoms with Gasteiger partial charge in [0.25, 0.3) is 5.91 Å². The Labute approximate surface area is 187 Å².